The van der Waals surface area contributed by atoms with E-state index in [0.29, 0.717) is 25.3 Å². The fraction of sp³-hybridized carbons (Fsp3) is 0.300. The molecule has 29 heavy (non-hydrogen) atoms. The summed E-state index contributed by atoms with van der Waals surface area (Å²) >= 11 is 0. The molecule has 0 saturated carbocycles. The van der Waals surface area contributed by atoms with E-state index in [1.54, 1.807) is 0 Å². The monoisotopic (exact) mass is 399 g/mol. The summed E-state index contributed by atoms with van der Waals surface area (Å²) in [6, 6.07) is 11.6. The van der Waals surface area contributed by atoms with Crippen LogP contribution in [-0.2, 0) is 9.59 Å². The molecule has 2 aromatic carbocycles. The second kappa shape index (κ2) is 9.05. The molecule has 1 aliphatic heterocycles. The van der Waals surface area contributed by atoms with Gasteiger partial charge < -0.3 is 14.8 Å². The lowest BCUT2D eigenvalue weighted by molar-refractivity contribution is -0.384. The van der Waals surface area contributed by atoms with Crippen molar-refractivity contribution in [3.63, 3.8) is 0 Å². The van der Waals surface area contributed by atoms with E-state index in [2.05, 4.69) is 5.32 Å². The van der Waals surface area contributed by atoms with Gasteiger partial charge >= 0.3 is 0 Å². The number of ether oxygens (including phenoxy) is 2. The Hall–Kier alpha value is -3.62. The third-order valence-corrected chi connectivity index (χ3v) is 4.30. The zero-order valence-electron chi connectivity index (χ0n) is 15.9. The van der Waals surface area contributed by atoms with Crippen molar-refractivity contribution in [1.82, 2.24) is 5.32 Å². The summed E-state index contributed by atoms with van der Waals surface area (Å²) in [6.45, 7) is 2.34. The van der Waals surface area contributed by atoms with Crippen molar-refractivity contribution in [3.05, 3.63) is 58.1 Å². The zero-order valence-corrected chi connectivity index (χ0v) is 15.9. The largest absolute Gasteiger partial charge is 0.494 e. The van der Waals surface area contributed by atoms with E-state index in [-0.39, 0.29) is 30.4 Å². The van der Waals surface area contributed by atoms with E-state index in [1.807, 2.05) is 31.2 Å². The molecule has 0 aromatic heterocycles. The number of hydrogen-bond acceptors (Lipinski definition) is 6. The normalized spacial score (nSPS) is 12.7. The molecule has 3 rings (SSSR count). The van der Waals surface area contributed by atoms with E-state index >= 15 is 0 Å². The number of hydrogen-bond donors (Lipinski definition) is 1. The number of nitrogens with one attached hydrogen (secondary N) is 1. The van der Waals surface area contributed by atoms with Crippen molar-refractivity contribution in [2.75, 3.05) is 31.2 Å². The molecule has 9 nitrogen and oxygen atoms in total. The molecule has 1 N–H and O–H groups in total. The Kier molecular flexibility index (Phi) is 6.28. The van der Waals surface area contributed by atoms with E-state index < -0.39 is 10.8 Å². The first-order chi connectivity index (χ1) is 13.9. The molecule has 0 bridgehead atoms. The summed E-state index contributed by atoms with van der Waals surface area (Å²) in [4.78, 5) is 36.0. The van der Waals surface area contributed by atoms with Crippen LogP contribution in [0.1, 0.15) is 12.0 Å². The van der Waals surface area contributed by atoms with Crippen LogP contribution in [0.5, 0.6) is 11.5 Å². The van der Waals surface area contributed by atoms with Gasteiger partial charge in [0.15, 0.2) is 6.61 Å². The molecule has 0 radical (unpaired) electrons. The predicted molar refractivity (Wildman–Crippen MR) is 105 cm³/mol. The van der Waals surface area contributed by atoms with Crippen molar-refractivity contribution < 1.29 is 24.0 Å². The molecule has 2 amide bonds. The standard InChI is InChI=1S/C20H21N3O6/c1-14-4-2-5-16(10-14)28-9-3-8-21-19(24)12-22-17-11-15(23(26)27)6-7-18(17)29-13-20(22)25/h2,4-7,10-11H,3,8-9,12-13H2,1H3,(H,21,24). The van der Waals surface area contributed by atoms with Gasteiger partial charge in [0.2, 0.25) is 5.91 Å². The van der Waals surface area contributed by atoms with Crippen LogP contribution in [0.25, 0.3) is 0 Å². The molecule has 0 aliphatic carbocycles. The predicted octanol–water partition coefficient (Wildman–Crippen LogP) is 2.21. The van der Waals surface area contributed by atoms with Crippen LogP contribution in [0.3, 0.4) is 0 Å². The Morgan fingerprint density at radius 2 is 2.14 bits per heavy atom. The van der Waals surface area contributed by atoms with Crippen molar-refractivity contribution in [1.29, 1.82) is 0 Å². The number of aryl methyl sites for hydroxylation is 1. The van der Waals surface area contributed by atoms with Gasteiger partial charge in [-0.25, -0.2) is 0 Å². The molecular formula is C20H21N3O6. The Morgan fingerprint density at radius 3 is 2.90 bits per heavy atom. The Morgan fingerprint density at radius 1 is 1.31 bits per heavy atom. The molecule has 9 heteroatoms. The van der Waals surface area contributed by atoms with Gasteiger partial charge in [-0.1, -0.05) is 12.1 Å². The first-order valence-corrected chi connectivity index (χ1v) is 9.12. The lowest BCUT2D eigenvalue weighted by Crippen LogP contribution is -2.45. The summed E-state index contributed by atoms with van der Waals surface area (Å²) in [5.74, 6) is 0.298. The smallest absolute Gasteiger partial charge is 0.271 e. The number of nitrogens with zero attached hydrogens (tertiary/aromatic N) is 2. The SMILES string of the molecule is Cc1cccc(OCCCNC(=O)CN2C(=O)COc3ccc([N+](=O)[O-])cc32)c1. The van der Waals surface area contributed by atoms with Gasteiger partial charge in [0.25, 0.3) is 11.6 Å². The third kappa shape index (κ3) is 5.22. The lowest BCUT2D eigenvalue weighted by Gasteiger charge is -2.28. The number of anilines is 1. The highest BCUT2D eigenvalue weighted by atomic mass is 16.6. The van der Waals surface area contributed by atoms with Gasteiger partial charge in [-0.15, -0.1) is 0 Å². The van der Waals surface area contributed by atoms with Gasteiger partial charge in [0, 0.05) is 18.7 Å². The molecule has 0 atom stereocenters. The van der Waals surface area contributed by atoms with Crippen LogP contribution in [0.15, 0.2) is 42.5 Å². The van der Waals surface area contributed by atoms with Crippen LogP contribution >= 0.6 is 0 Å². The quantitative estimate of drug-likeness (QED) is 0.414. The molecule has 152 valence electrons. The first kappa shape index (κ1) is 20.1. The number of carbonyl (C=O) groups is 2. The van der Waals surface area contributed by atoms with Gasteiger partial charge in [-0.2, -0.15) is 0 Å². The van der Waals surface area contributed by atoms with E-state index in [0.717, 1.165) is 11.3 Å². The van der Waals surface area contributed by atoms with E-state index in [4.69, 9.17) is 9.47 Å². The number of benzene rings is 2. The van der Waals surface area contributed by atoms with E-state index in [9.17, 15) is 19.7 Å². The van der Waals surface area contributed by atoms with Crippen LogP contribution in [-0.4, -0.2) is 43.0 Å². The van der Waals surface area contributed by atoms with Gasteiger partial charge in [0.05, 0.1) is 17.2 Å². The van der Waals surface area contributed by atoms with E-state index in [1.165, 1.54) is 23.1 Å². The molecule has 0 spiro atoms. The minimum Gasteiger partial charge on any atom is -0.494 e. The van der Waals surface area contributed by atoms with Crippen molar-refractivity contribution in [2.45, 2.75) is 13.3 Å². The highest BCUT2D eigenvalue weighted by Crippen LogP contribution is 2.35. The van der Waals surface area contributed by atoms with Crippen molar-refractivity contribution >= 4 is 23.2 Å². The molecule has 2 aromatic rings. The maximum absolute atomic E-state index is 12.2. The van der Waals surface area contributed by atoms with Crippen molar-refractivity contribution in [3.8, 4) is 11.5 Å². The molecule has 1 heterocycles. The summed E-state index contributed by atoms with van der Waals surface area (Å²) in [5.41, 5.74) is 1.14. The topological polar surface area (TPSA) is 111 Å². The Bertz CT molecular complexity index is 930. The molecular weight excluding hydrogens is 378 g/mol. The molecule has 0 saturated heterocycles. The average molecular weight is 399 g/mol. The summed E-state index contributed by atoms with van der Waals surface area (Å²) in [5, 5.41) is 13.7. The maximum atomic E-state index is 12.2. The number of amides is 2. The highest BCUT2D eigenvalue weighted by Gasteiger charge is 2.29. The Labute approximate surface area is 167 Å². The number of carbonyl (C=O) groups excluding carboxylic acids is 2. The van der Waals surface area contributed by atoms with Crippen LogP contribution in [0.2, 0.25) is 0 Å². The number of nitro benzene ring substituents is 1. The fourth-order valence-electron chi connectivity index (χ4n) is 2.87. The maximum Gasteiger partial charge on any atom is 0.271 e. The highest BCUT2D eigenvalue weighted by molar-refractivity contribution is 6.02. The van der Waals surface area contributed by atoms with Crippen LogP contribution in [0.4, 0.5) is 11.4 Å². The molecule has 0 unspecified atom stereocenters. The zero-order chi connectivity index (χ0) is 20.8. The van der Waals surface area contributed by atoms with Gasteiger partial charge in [0.1, 0.15) is 18.0 Å². The number of non-ortho nitro benzene ring substituents is 1. The fourth-order valence-corrected chi connectivity index (χ4v) is 2.87. The van der Waals surface area contributed by atoms with Crippen molar-refractivity contribution in [2.24, 2.45) is 0 Å². The number of fused-ring (bicyclic) bond motifs is 1. The average Bonchev–Trinajstić information content (AvgIpc) is 2.69. The third-order valence-electron chi connectivity index (χ3n) is 4.30. The van der Waals surface area contributed by atoms with Gasteiger partial charge in [-0.3, -0.25) is 24.6 Å². The second-order valence-corrected chi connectivity index (χ2v) is 6.55. The van der Waals surface area contributed by atoms with Crippen LogP contribution in [0, 0.1) is 17.0 Å². The molecule has 1 aliphatic rings. The minimum absolute atomic E-state index is 0.180. The lowest BCUT2D eigenvalue weighted by atomic mass is 10.2. The summed E-state index contributed by atoms with van der Waals surface area (Å²) in [6.07, 6.45) is 0.596. The van der Waals surface area contributed by atoms with Gasteiger partial charge in [-0.05, 0) is 37.1 Å². The van der Waals surface area contributed by atoms with Crippen LogP contribution < -0.4 is 19.7 Å². The number of nitro groups is 1. The number of rotatable bonds is 8. The first-order valence-electron chi connectivity index (χ1n) is 9.12. The Balaban J connectivity index is 1.51. The molecule has 0 fully saturated rings. The second-order valence-electron chi connectivity index (χ2n) is 6.55. The summed E-state index contributed by atoms with van der Waals surface area (Å²) < 4.78 is 10.9. The summed E-state index contributed by atoms with van der Waals surface area (Å²) in [7, 11) is 0. The minimum atomic E-state index is -0.564.